The third-order valence-electron chi connectivity index (χ3n) is 5.26. The second-order valence-electron chi connectivity index (χ2n) is 7.52. The maximum absolute atomic E-state index is 13.2. The van der Waals surface area contributed by atoms with Crippen LogP contribution >= 0.6 is 11.6 Å². The van der Waals surface area contributed by atoms with Crippen molar-refractivity contribution in [3.05, 3.63) is 104 Å². The molecular weight excluding hydrogens is 442 g/mol. The highest BCUT2D eigenvalue weighted by Crippen LogP contribution is 2.09. The number of carbonyl (C=O) groups excluding carboxylic acids is 1. The molecule has 0 bridgehead atoms. The summed E-state index contributed by atoms with van der Waals surface area (Å²) in [5, 5.41) is 3.46. The Morgan fingerprint density at radius 2 is 1.58 bits per heavy atom. The molecular formula is C24H22ClN5O3. The van der Waals surface area contributed by atoms with Crippen LogP contribution in [0.3, 0.4) is 0 Å². The molecule has 9 heteroatoms. The molecule has 168 valence electrons. The molecule has 0 atom stereocenters. The van der Waals surface area contributed by atoms with Crippen LogP contribution in [-0.4, -0.2) is 31.6 Å². The number of carbonyl (C=O) groups is 1. The van der Waals surface area contributed by atoms with Crippen molar-refractivity contribution in [1.82, 2.24) is 24.4 Å². The molecule has 1 amide bonds. The molecule has 0 spiro atoms. The average Bonchev–Trinajstić information content (AvgIpc) is 2.83. The number of nitrogens with one attached hydrogen (secondary N) is 1. The van der Waals surface area contributed by atoms with Crippen LogP contribution in [-0.2, 0) is 30.7 Å². The molecule has 0 saturated carbocycles. The van der Waals surface area contributed by atoms with Crippen LogP contribution in [0.1, 0.15) is 11.1 Å². The topological polar surface area (TPSA) is 98.9 Å². The summed E-state index contributed by atoms with van der Waals surface area (Å²) in [6.45, 7) is 0.305. The van der Waals surface area contributed by atoms with Gasteiger partial charge in [0.25, 0.3) is 5.56 Å². The lowest BCUT2D eigenvalue weighted by Gasteiger charge is -2.13. The van der Waals surface area contributed by atoms with Gasteiger partial charge in [0.1, 0.15) is 6.54 Å². The molecule has 0 aliphatic carbocycles. The summed E-state index contributed by atoms with van der Waals surface area (Å²) in [6.07, 6.45) is 3.90. The van der Waals surface area contributed by atoms with Gasteiger partial charge in [0.05, 0.1) is 0 Å². The van der Waals surface area contributed by atoms with E-state index in [2.05, 4.69) is 15.3 Å². The number of amides is 1. The molecule has 2 aromatic carbocycles. The minimum absolute atomic E-state index is 0.0547. The van der Waals surface area contributed by atoms with Gasteiger partial charge in [0.15, 0.2) is 11.2 Å². The minimum Gasteiger partial charge on any atom is -0.354 e. The number of fused-ring (bicyclic) bond motifs is 1. The summed E-state index contributed by atoms with van der Waals surface area (Å²) in [5.74, 6) is -0.355. The van der Waals surface area contributed by atoms with E-state index in [9.17, 15) is 14.4 Å². The molecule has 4 aromatic rings. The number of nitrogens with zero attached hydrogens (tertiary/aromatic N) is 4. The molecule has 0 radical (unpaired) electrons. The lowest BCUT2D eigenvalue weighted by molar-refractivity contribution is -0.121. The zero-order valence-electron chi connectivity index (χ0n) is 17.8. The Hall–Kier alpha value is -3.78. The molecule has 8 nitrogen and oxygen atoms in total. The molecule has 4 rings (SSSR count). The van der Waals surface area contributed by atoms with Gasteiger partial charge in [0, 0.05) is 30.5 Å². The first-order valence-corrected chi connectivity index (χ1v) is 10.9. The third-order valence-corrected chi connectivity index (χ3v) is 5.51. The van der Waals surface area contributed by atoms with Crippen molar-refractivity contribution in [3.8, 4) is 0 Å². The Morgan fingerprint density at radius 1 is 0.879 bits per heavy atom. The fourth-order valence-electron chi connectivity index (χ4n) is 3.55. The van der Waals surface area contributed by atoms with Crippen LogP contribution in [0.5, 0.6) is 0 Å². The fourth-order valence-corrected chi connectivity index (χ4v) is 3.68. The van der Waals surface area contributed by atoms with Crippen molar-refractivity contribution in [2.24, 2.45) is 0 Å². The maximum atomic E-state index is 13.2. The van der Waals surface area contributed by atoms with Crippen molar-refractivity contribution < 1.29 is 4.79 Å². The second-order valence-corrected chi connectivity index (χ2v) is 7.95. The quantitative estimate of drug-likeness (QED) is 0.432. The van der Waals surface area contributed by atoms with E-state index in [1.165, 1.54) is 17.0 Å². The summed E-state index contributed by atoms with van der Waals surface area (Å²) in [4.78, 5) is 46.9. The first-order chi connectivity index (χ1) is 16.0. The number of aryl methyl sites for hydroxylation is 1. The third kappa shape index (κ3) is 5.35. The molecule has 0 unspecified atom stereocenters. The van der Waals surface area contributed by atoms with Gasteiger partial charge in [-0.2, -0.15) is 0 Å². The van der Waals surface area contributed by atoms with Crippen LogP contribution in [0, 0.1) is 0 Å². The number of halogens is 1. The highest BCUT2D eigenvalue weighted by atomic mass is 35.5. The van der Waals surface area contributed by atoms with E-state index in [1.807, 2.05) is 42.5 Å². The van der Waals surface area contributed by atoms with Gasteiger partial charge < -0.3 is 5.32 Å². The molecule has 0 aliphatic rings. The predicted octanol–water partition coefficient (Wildman–Crippen LogP) is 2.21. The first kappa shape index (κ1) is 22.4. The number of benzene rings is 2. The molecule has 1 N–H and O–H groups in total. The normalized spacial score (nSPS) is 10.9. The number of hydrogen-bond acceptors (Lipinski definition) is 5. The summed E-state index contributed by atoms with van der Waals surface area (Å²) in [6, 6.07) is 16.9. The van der Waals surface area contributed by atoms with Gasteiger partial charge in [-0.15, -0.1) is 0 Å². The van der Waals surface area contributed by atoms with Crippen molar-refractivity contribution in [3.63, 3.8) is 0 Å². The van der Waals surface area contributed by atoms with E-state index < -0.39 is 11.2 Å². The molecule has 0 saturated heterocycles. The van der Waals surface area contributed by atoms with Crippen LogP contribution in [0.2, 0.25) is 5.02 Å². The average molecular weight is 464 g/mol. The lowest BCUT2D eigenvalue weighted by atomic mass is 10.1. The van der Waals surface area contributed by atoms with E-state index in [1.54, 1.807) is 12.1 Å². The van der Waals surface area contributed by atoms with E-state index >= 15 is 0 Å². The van der Waals surface area contributed by atoms with E-state index in [0.717, 1.165) is 15.7 Å². The van der Waals surface area contributed by atoms with Gasteiger partial charge in [-0.3, -0.25) is 18.7 Å². The zero-order chi connectivity index (χ0) is 23.2. The van der Waals surface area contributed by atoms with Crippen LogP contribution in [0.25, 0.3) is 11.2 Å². The van der Waals surface area contributed by atoms with Gasteiger partial charge in [0.2, 0.25) is 5.91 Å². The summed E-state index contributed by atoms with van der Waals surface area (Å²) >= 11 is 5.89. The molecule has 0 aliphatic heterocycles. The first-order valence-electron chi connectivity index (χ1n) is 10.5. The smallest absolute Gasteiger partial charge is 0.333 e. The van der Waals surface area contributed by atoms with Crippen molar-refractivity contribution in [1.29, 1.82) is 0 Å². The second kappa shape index (κ2) is 10.2. The van der Waals surface area contributed by atoms with Crippen LogP contribution in [0.15, 0.2) is 76.6 Å². The highest BCUT2D eigenvalue weighted by Gasteiger charge is 2.17. The van der Waals surface area contributed by atoms with Crippen LogP contribution < -0.4 is 16.6 Å². The number of rotatable bonds is 8. The summed E-state index contributed by atoms with van der Waals surface area (Å²) in [7, 11) is 0. The summed E-state index contributed by atoms with van der Waals surface area (Å²) < 4.78 is 2.32. The predicted molar refractivity (Wildman–Crippen MR) is 126 cm³/mol. The van der Waals surface area contributed by atoms with E-state index in [4.69, 9.17) is 11.6 Å². The number of aromatic nitrogens is 4. The van der Waals surface area contributed by atoms with Gasteiger partial charge in [-0.05, 0) is 36.1 Å². The molecule has 2 heterocycles. The van der Waals surface area contributed by atoms with Crippen LogP contribution in [0.4, 0.5) is 0 Å². The largest absolute Gasteiger partial charge is 0.354 e. The van der Waals surface area contributed by atoms with E-state index in [0.29, 0.717) is 24.4 Å². The van der Waals surface area contributed by atoms with Gasteiger partial charge in [-0.25, -0.2) is 14.8 Å². The van der Waals surface area contributed by atoms with Crippen molar-refractivity contribution in [2.75, 3.05) is 6.54 Å². The Balaban J connectivity index is 1.54. The summed E-state index contributed by atoms with van der Waals surface area (Å²) in [5.41, 5.74) is 1.07. The van der Waals surface area contributed by atoms with E-state index in [-0.39, 0.29) is 30.2 Å². The Bertz CT molecular complexity index is 1380. The Labute approximate surface area is 194 Å². The molecule has 0 fully saturated rings. The molecule has 2 aromatic heterocycles. The lowest BCUT2D eigenvalue weighted by Crippen LogP contribution is -2.43. The van der Waals surface area contributed by atoms with Crippen molar-refractivity contribution in [2.45, 2.75) is 25.9 Å². The fraction of sp³-hybridized carbons (Fsp3) is 0.208. The maximum Gasteiger partial charge on any atom is 0.333 e. The van der Waals surface area contributed by atoms with Crippen molar-refractivity contribution >= 4 is 28.7 Å². The Morgan fingerprint density at radius 3 is 2.33 bits per heavy atom. The van der Waals surface area contributed by atoms with Gasteiger partial charge >= 0.3 is 5.69 Å². The standard InChI is InChI=1S/C24H22ClN5O3/c25-19-8-6-18(7-9-19)10-12-26-20(31)16-30-22-21(27-13-14-28-22)23(32)29(24(30)33)15-11-17-4-2-1-3-5-17/h1-9,13-14H,10-12,15-16H2,(H,26,31). The minimum atomic E-state index is -0.586. The SMILES string of the molecule is O=C(Cn1c(=O)n(CCc2ccccc2)c(=O)c2nccnc21)NCCc1ccc(Cl)cc1. The number of hydrogen-bond donors (Lipinski definition) is 1. The Kier molecular flexibility index (Phi) is 6.95. The van der Waals surface area contributed by atoms with Gasteiger partial charge in [-0.1, -0.05) is 54.1 Å². The monoisotopic (exact) mass is 463 g/mol. The zero-order valence-corrected chi connectivity index (χ0v) is 18.5. The highest BCUT2D eigenvalue weighted by molar-refractivity contribution is 6.30. The molecule has 33 heavy (non-hydrogen) atoms.